The van der Waals surface area contributed by atoms with E-state index >= 15 is 4.39 Å². The van der Waals surface area contributed by atoms with Crippen LogP contribution in [-0.2, 0) is 12.7 Å². The highest BCUT2D eigenvalue weighted by Crippen LogP contribution is 2.34. The highest BCUT2D eigenvalue weighted by molar-refractivity contribution is 5.86. The van der Waals surface area contributed by atoms with E-state index < -0.39 is 23.1 Å². The second kappa shape index (κ2) is 9.88. The second-order valence-corrected chi connectivity index (χ2v) is 9.99. The standard InChI is InChI=1S/C27H23F4N7O2/c28-20-12-18-16(11-19(20)24-34-22-6-1-2-8-38(22)36-24)7-9-37(26(18)40)14-15-4-3-5-17(10-15)33-21-13-32-35-25(39)23(21)27(29,30)31/h1-2,6-9,11-13,15,17H,3-5,10,14H2,(H2,33,35,39)/t15-,17+/m1/s1. The third kappa shape index (κ3) is 4.82. The van der Waals surface area contributed by atoms with E-state index in [4.69, 9.17) is 0 Å². The molecular formula is C27H23F4N7O2. The Labute approximate surface area is 223 Å². The van der Waals surface area contributed by atoms with E-state index in [-0.39, 0.29) is 40.0 Å². The smallest absolute Gasteiger partial charge is 0.380 e. The topological polar surface area (TPSA) is 110 Å². The molecule has 2 atom stereocenters. The molecule has 0 amide bonds. The summed E-state index contributed by atoms with van der Waals surface area (Å²) in [5.41, 5.74) is -2.59. The number of anilines is 1. The summed E-state index contributed by atoms with van der Waals surface area (Å²) < 4.78 is 58.5. The summed E-state index contributed by atoms with van der Waals surface area (Å²) >= 11 is 0. The van der Waals surface area contributed by atoms with Crippen molar-refractivity contribution in [2.75, 3.05) is 5.32 Å². The summed E-state index contributed by atoms with van der Waals surface area (Å²) in [5, 5.41) is 13.3. The van der Waals surface area contributed by atoms with Crippen molar-refractivity contribution in [1.82, 2.24) is 29.4 Å². The average molecular weight is 554 g/mol. The van der Waals surface area contributed by atoms with Gasteiger partial charge in [0, 0.05) is 25.0 Å². The zero-order chi connectivity index (χ0) is 28.0. The van der Waals surface area contributed by atoms with Crippen molar-refractivity contribution in [3.63, 3.8) is 0 Å². The molecule has 0 bridgehead atoms. The molecule has 13 heteroatoms. The Balaban J connectivity index is 1.23. The molecule has 6 rings (SSSR count). The van der Waals surface area contributed by atoms with Crippen LogP contribution in [0.15, 0.2) is 64.6 Å². The number of fused-ring (bicyclic) bond motifs is 2. The lowest BCUT2D eigenvalue weighted by Gasteiger charge is -2.31. The maximum Gasteiger partial charge on any atom is 0.423 e. The number of aromatic nitrogens is 6. The van der Waals surface area contributed by atoms with Crippen molar-refractivity contribution in [3.05, 3.63) is 87.1 Å². The van der Waals surface area contributed by atoms with Gasteiger partial charge in [0.25, 0.3) is 11.1 Å². The highest BCUT2D eigenvalue weighted by atomic mass is 19.4. The van der Waals surface area contributed by atoms with Crippen LogP contribution < -0.4 is 16.4 Å². The van der Waals surface area contributed by atoms with Gasteiger partial charge in [-0.1, -0.05) is 12.5 Å². The predicted octanol–water partition coefficient (Wildman–Crippen LogP) is 4.62. The van der Waals surface area contributed by atoms with Gasteiger partial charge in [-0.25, -0.2) is 19.0 Å². The first-order valence-electron chi connectivity index (χ1n) is 12.7. The number of hydrogen-bond donors (Lipinski definition) is 2. The van der Waals surface area contributed by atoms with Crippen molar-refractivity contribution >= 4 is 22.1 Å². The third-order valence-corrected chi connectivity index (χ3v) is 7.28. The molecule has 1 saturated carbocycles. The van der Waals surface area contributed by atoms with Crippen LogP contribution in [0.1, 0.15) is 31.2 Å². The maximum absolute atomic E-state index is 15.2. The molecule has 40 heavy (non-hydrogen) atoms. The zero-order valence-corrected chi connectivity index (χ0v) is 21.0. The van der Waals surface area contributed by atoms with E-state index in [1.807, 2.05) is 5.10 Å². The molecule has 0 unspecified atom stereocenters. The number of aromatic amines is 1. The number of rotatable bonds is 5. The van der Waals surface area contributed by atoms with Gasteiger partial charge in [0.1, 0.15) is 11.4 Å². The second-order valence-electron chi connectivity index (χ2n) is 9.99. The van der Waals surface area contributed by atoms with Gasteiger partial charge in [-0.15, -0.1) is 5.10 Å². The van der Waals surface area contributed by atoms with Gasteiger partial charge in [-0.2, -0.15) is 18.3 Å². The van der Waals surface area contributed by atoms with Crippen LogP contribution in [0.25, 0.3) is 27.8 Å². The van der Waals surface area contributed by atoms with E-state index in [1.165, 1.54) is 10.6 Å². The Kier molecular flexibility index (Phi) is 6.35. The molecule has 0 spiro atoms. The van der Waals surface area contributed by atoms with Crippen LogP contribution in [0.5, 0.6) is 0 Å². The molecule has 5 aromatic rings. The SMILES string of the molecule is O=c1[nH]ncc(N[C@H]2CCC[C@@H](Cn3ccc4cc(-c5nc6ccccn6n5)c(F)cc4c3=O)C2)c1C(F)(F)F. The summed E-state index contributed by atoms with van der Waals surface area (Å²) in [4.78, 5) is 29.4. The Hall–Kier alpha value is -4.55. The first-order valence-corrected chi connectivity index (χ1v) is 12.7. The van der Waals surface area contributed by atoms with Gasteiger partial charge in [-0.05, 0) is 60.9 Å². The normalized spacial score (nSPS) is 17.9. The van der Waals surface area contributed by atoms with Gasteiger partial charge in [0.05, 0.1) is 22.8 Å². The Morgan fingerprint density at radius 1 is 1.10 bits per heavy atom. The molecule has 0 aliphatic heterocycles. The maximum atomic E-state index is 15.2. The molecule has 0 radical (unpaired) electrons. The molecule has 1 aliphatic carbocycles. The minimum Gasteiger partial charge on any atom is -0.380 e. The van der Waals surface area contributed by atoms with E-state index in [0.717, 1.165) is 19.0 Å². The van der Waals surface area contributed by atoms with Crippen LogP contribution in [0.3, 0.4) is 0 Å². The summed E-state index contributed by atoms with van der Waals surface area (Å²) in [6.07, 6.45) is 2.08. The minimum atomic E-state index is -4.83. The molecule has 206 valence electrons. The lowest BCUT2D eigenvalue weighted by molar-refractivity contribution is -0.138. The van der Waals surface area contributed by atoms with Crippen LogP contribution in [-0.4, -0.2) is 35.4 Å². The summed E-state index contributed by atoms with van der Waals surface area (Å²) in [6.45, 7) is 0.323. The van der Waals surface area contributed by atoms with Crippen molar-refractivity contribution < 1.29 is 17.6 Å². The van der Waals surface area contributed by atoms with Crippen LogP contribution in [0.2, 0.25) is 0 Å². The molecule has 4 aromatic heterocycles. The molecular weight excluding hydrogens is 530 g/mol. The molecule has 1 aliphatic rings. The fourth-order valence-electron chi connectivity index (χ4n) is 5.44. The number of pyridine rings is 2. The number of alkyl halides is 3. The van der Waals surface area contributed by atoms with Gasteiger partial charge in [0.15, 0.2) is 11.5 Å². The average Bonchev–Trinajstić information content (AvgIpc) is 3.34. The first-order chi connectivity index (χ1) is 19.2. The van der Waals surface area contributed by atoms with Crippen molar-refractivity contribution in [1.29, 1.82) is 0 Å². The fourth-order valence-corrected chi connectivity index (χ4v) is 5.44. The molecule has 2 N–H and O–H groups in total. The van der Waals surface area contributed by atoms with Gasteiger partial charge < -0.3 is 9.88 Å². The van der Waals surface area contributed by atoms with Crippen molar-refractivity contribution in [2.45, 2.75) is 44.4 Å². The van der Waals surface area contributed by atoms with Gasteiger partial charge >= 0.3 is 6.18 Å². The first kappa shape index (κ1) is 25.7. The summed E-state index contributed by atoms with van der Waals surface area (Å²) in [6, 6.07) is 9.49. The minimum absolute atomic E-state index is 0.0167. The van der Waals surface area contributed by atoms with Crippen molar-refractivity contribution in [3.8, 4) is 11.4 Å². The van der Waals surface area contributed by atoms with Gasteiger partial charge in [0.2, 0.25) is 0 Å². The molecule has 1 fully saturated rings. The van der Waals surface area contributed by atoms with E-state index in [0.29, 0.717) is 30.4 Å². The third-order valence-electron chi connectivity index (χ3n) is 7.28. The number of H-pyrrole nitrogens is 1. The number of hydrogen-bond acceptors (Lipinski definition) is 6. The number of benzene rings is 1. The Bertz CT molecular complexity index is 1810. The molecule has 4 heterocycles. The van der Waals surface area contributed by atoms with Crippen molar-refractivity contribution in [2.24, 2.45) is 5.92 Å². The molecule has 1 aromatic carbocycles. The molecule has 0 saturated heterocycles. The van der Waals surface area contributed by atoms with E-state index in [9.17, 15) is 22.8 Å². The fraction of sp³-hybridized carbons (Fsp3) is 0.296. The van der Waals surface area contributed by atoms with Crippen LogP contribution in [0, 0.1) is 11.7 Å². The monoisotopic (exact) mass is 553 g/mol. The largest absolute Gasteiger partial charge is 0.423 e. The zero-order valence-electron chi connectivity index (χ0n) is 21.0. The Morgan fingerprint density at radius 3 is 2.75 bits per heavy atom. The van der Waals surface area contributed by atoms with E-state index in [1.54, 1.807) is 47.2 Å². The predicted molar refractivity (Wildman–Crippen MR) is 139 cm³/mol. The lowest BCUT2D eigenvalue weighted by Crippen LogP contribution is -2.33. The Morgan fingerprint density at radius 2 is 1.95 bits per heavy atom. The number of nitrogens with one attached hydrogen (secondary N) is 2. The number of halogens is 4. The highest BCUT2D eigenvalue weighted by Gasteiger charge is 2.38. The lowest BCUT2D eigenvalue weighted by atomic mass is 9.85. The van der Waals surface area contributed by atoms with Crippen LogP contribution >= 0.6 is 0 Å². The summed E-state index contributed by atoms with van der Waals surface area (Å²) in [7, 11) is 0. The molecule has 9 nitrogen and oxygen atoms in total. The quantitative estimate of drug-likeness (QED) is 0.308. The van der Waals surface area contributed by atoms with Crippen LogP contribution in [0.4, 0.5) is 23.2 Å². The number of nitrogens with zero attached hydrogens (tertiary/aromatic N) is 5. The van der Waals surface area contributed by atoms with Gasteiger partial charge in [-0.3, -0.25) is 9.59 Å². The van der Waals surface area contributed by atoms with E-state index in [2.05, 4.69) is 20.5 Å². The summed E-state index contributed by atoms with van der Waals surface area (Å²) in [5.74, 6) is -0.427.